The predicted octanol–water partition coefficient (Wildman–Crippen LogP) is 6.43. The summed E-state index contributed by atoms with van der Waals surface area (Å²) in [5.74, 6) is -0.00122. The molecule has 0 amide bonds. The molecule has 0 unspecified atom stereocenters. The van der Waals surface area contributed by atoms with Gasteiger partial charge >= 0.3 is 0 Å². The van der Waals surface area contributed by atoms with Crippen molar-refractivity contribution in [2.45, 2.75) is 31.6 Å². The highest BCUT2D eigenvalue weighted by Gasteiger charge is 2.42. The van der Waals surface area contributed by atoms with Crippen molar-refractivity contribution in [2.75, 3.05) is 0 Å². The molecular weight excluding hydrogens is 368 g/mol. The highest BCUT2D eigenvalue weighted by Crippen LogP contribution is 2.48. The van der Waals surface area contributed by atoms with Gasteiger partial charge < -0.3 is 0 Å². The smallest absolute Gasteiger partial charge is 0.134 e. The molecule has 0 saturated heterocycles. The van der Waals surface area contributed by atoms with E-state index < -0.39 is 0 Å². The molecule has 1 aliphatic carbocycles. The van der Waals surface area contributed by atoms with Gasteiger partial charge in [0.15, 0.2) is 0 Å². The summed E-state index contributed by atoms with van der Waals surface area (Å²) in [5.41, 5.74) is 2.23. The zero-order chi connectivity index (χ0) is 20.7. The number of carbonyl (C=O) groups is 2. The quantitative estimate of drug-likeness (QED) is 0.403. The summed E-state index contributed by atoms with van der Waals surface area (Å²) in [6.45, 7) is 1.69. The first-order valence-corrected chi connectivity index (χ1v) is 10.6. The van der Waals surface area contributed by atoms with Crippen LogP contribution in [0.2, 0.25) is 0 Å². The van der Waals surface area contributed by atoms with Crippen LogP contribution in [-0.4, -0.2) is 11.6 Å². The number of rotatable bonds is 3. The molecule has 0 aromatic heterocycles. The van der Waals surface area contributed by atoms with Gasteiger partial charge in [0, 0.05) is 30.6 Å². The first-order chi connectivity index (χ1) is 14.6. The minimum absolute atomic E-state index is 0.0983. The standard InChI is InChI=1S/C28H24O2/c1-18(29)28-26(24-14-6-10-19-8-2-4-12-22(19)24)16-21(30)17-27(28)25-15-7-11-20-9-3-5-13-23(20)25/h2-15,26-28H,16-17H2,1H3/t26-,27-/m0/s1. The largest absolute Gasteiger partial charge is 0.300 e. The van der Waals surface area contributed by atoms with E-state index in [1.807, 2.05) is 36.4 Å². The minimum atomic E-state index is -0.209. The Labute approximate surface area is 176 Å². The molecule has 2 nitrogen and oxygen atoms in total. The molecule has 0 bridgehead atoms. The summed E-state index contributed by atoms with van der Waals surface area (Å²) in [7, 11) is 0. The van der Waals surface area contributed by atoms with Gasteiger partial charge in [-0.25, -0.2) is 0 Å². The Morgan fingerprint density at radius 1 is 0.667 bits per heavy atom. The number of carbonyl (C=O) groups excluding carboxylic acids is 2. The van der Waals surface area contributed by atoms with Gasteiger partial charge in [-0.15, -0.1) is 0 Å². The maximum absolute atomic E-state index is 13.0. The van der Waals surface area contributed by atoms with Crippen LogP contribution < -0.4 is 0 Å². The number of ketones is 2. The third-order valence-corrected chi connectivity index (χ3v) is 6.68. The number of benzene rings is 4. The molecule has 2 heteroatoms. The lowest BCUT2D eigenvalue weighted by Gasteiger charge is -2.37. The second-order valence-electron chi connectivity index (χ2n) is 8.43. The van der Waals surface area contributed by atoms with Gasteiger partial charge in [-0.1, -0.05) is 84.9 Å². The van der Waals surface area contributed by atoms with Crippen molar-refractivity contribution in [3.05, 3.63) is 96.1 Å². The van der Waals surface area contributed by atoms with Crippen LogP contribution >= 0.6 is 0 Å². The Balaban J connectivity index is 1.69. The van der Waals surface area contributed by atoms with Gasteiger partial charge in [0.1, 0.15) is 11.6 Å². The Kier molecular flexibility index (Phi) is 4.71. The van der Waals surface area contributed by atoms with Crippen molar-refractivity contribution >= 4 is 33.1 Å². The van der Waals surface area contributed by atoms with Crippen molar-refractivity contribution in [3.8, 4) is 0 Å². The van der Waals surface area contributed by atoms with E-state index in [1.165, 1.54) is 0 Å². The van der Waals surface area contributed by atoms with Crippen LogP contribution in [0.1, 0.15) is 42.7 Å². The van der Waals surface area contributed by atoms with Crippen LogP contribution in [0.25, 0.3) is 21.5 Å². The van der Waals surface area contributed by atoms with Crippen LogP contribution in [0.3, 0.4) is 0 Å². The Hall–Kier alpha value is -3.26. The van der Waals surface area contributed by atoms with Crippen LogP contribution in [0.5, 0.6) is 0 Å². The van der Waals surface area contributed by atoms with Crippen molar-refractivity contribution in [1.29, 1.82) is 0 Å². The molecule has 0 N–H and O–H groups in total. The molecule has 30 heavy (non-hydrogen) atoms. The molecule has 0 radical (unpaired) electrons. The molecule has 2 atom stereocenters. The third-order valence-electron chi connectivity index (χ3n) is 6.68. The number of hydrogen-bond acceptors (Lipinski definition) is 2. The second-order valence-corrected chi connectivity index (χ2v) is 8.43. The summed E-state index contributed by atoms with van der Waals surface area (Å²) in [6.07, 6.45) is 0.860. The van der Waals surface area contributed by atoms with Crippen molar-refractivity contribution in [1.82, 2.24) is 0 Å². The molecule has 5 rings (SSSR count). The molecule has 4 aromatic rings. The zero-order valence-electron chi connectivity index (χ0n) is 17.0. The SMILES string of the molecule is CC(=O)C1[C@H](c2cccc3ccccc23)CC(=O)C[C@H]1c1cccc2ccccc12. The molecule has 0 heterocycles. The van der Waals surface area contributed by atoms with Gasteiger partial charge in [-0.05, 0) is 39.6 Å². The molecule has 1 saturated carbocycles. The van der Waals surface area contributed by atoms with E-state index in [9.17, 15) is 9.59 Å². The molecule has 0 aliphatic heterocycles. The lowest BCUT2D eigenvalue weighted by atomic mass is 9.64. The van der Waals surface area contributed by atoms with Crippen LogP contribution in [0.4, 0.5) is 0 Å². The molecular formula is C28H24O2. The summed E-state index contributed by atoms with van der Waals surface area (Å²) >= 11 is 0. The molecule has 148 valence electrons. The summed E-state index contributed by atoms with van der Waals surface area (Å²) in [6, 6.07) is 29.0. The fourth-order valence-corrected chi connectivity index (χ4v) is 5.43. The highest BCUT2D eigenvalue weighted by atomic mass is 16.1. The number of fused-ring (bicyclic) bond motifs is 2. The first-order valence-electron chi connectivity index (χ1n) is 10.6. The summed E-state index contributed by atoms with van der Waals surface area (Å²) in [5, 5.41) is 4.58. The van der Waals surface area contributed by atoms with E-state index in [4.69, 9.17) is 0 Å². The zero-order valence-corrected chi connectivity index (χ0v) is 17.0. The van der Waals surface area contributed by atoms with E-state index >= 15 is 0 Å². The average Bonchev–Trinajstić information content (AvgIpc) is 2.77. The monoisotopic (exact) mass is 392 g/mol. The predicted molar refractivity (Wildman–Crippen MR) is 122 cm³/mol. The van der Waals surface area contributed by atoms with E-state index in [0.717, 1.165) is 32.7 Å². The first kappa shape index (κ1) is 18.7. The van der Waals surface area contributed by atoms with E-state index in [2.05, 4.69) is 48.5 Å². The average molecular weight is 392 g/mol. The molecule has 0 spiro atoms. The number of hydrogen-bond donors (Lipinski definition) is 0. The lowest BCUT2D eigenvalue weighted by Crippen LogP contribution is -2.35. The highest BCUT2D eigenvalue weighted by molar-refractivity contribution is 5.94. The van der Waals surface area contributed by atoms with Crippen LogP contribution in [0.15, 0.2) is 84.9 Å². The topological polar surface area (TPSA) is 34.1 Å². The number of Topliss-reactive ketones (excluding diaryl/α,β-unsaturated/α-hetero) is 2. The second kappa shape index (κ2) is 7.53. The van der Waals surface area contributed by atoms with Gasteiger partial charge in [0.25, 0.3) is 0 Å². The van der Waals surface area contributed by atoms with Gasteiger partial charge in [-0.2, -0.15) is 0 Å². The Bertz CT molecular complexity index is 1170. The van der Waals surface area contributed by atoms with Gasteiger partial charge in [-0.3, -0.25) is 9.59 Å². The van der Waals surface area contributed by atoms with E-state index in [-0.39, 0.29) is 29.3 Å². The maximum atomic E-state index is 13.0. The molecule has 4 aromatic carbocycles. The van der Waals surface area contributed by atoms with Crippen molar-refractivity contribution in [3.63, 3.8) is 0 Å². The Morgan fingerprint density at radius 2 is 1.10 bits per heavy atom. The third kappa shape index (κ3) is 3.13. The van der Waals surface area contributed by atoms with Crippen molar-refractivity contribution in [2.24, 2.45) is 5.92 Å². The molecule has 1 fully saturated rings. The Morgan fingerprint density at radius 3 is 1.57 bits per heavy atom. The lowest BCUT2D eigenvalue weighted by molar-refractivity contribution is -0.127. The summed E-state index contributed by atoms with van der Waals surface area (Å²) < 4.78 is 0. The minimum Gasteiger partial charge on any atom is -0.300 e. The normalized spacial score (nSPS) is 20.0. The van der Waals surface area contributed by atoms with Gasteiger partial charge in [0.2, 0.25) is 0 Å². The molecule has 1 aliphatic rings. The van der Waals surface area contributed by atoms with Crippen LogP contribution in [0, 0.1) is 5.92 Å². The van der Waals surface area contributed by atoms with E-state index in [1.54, 1.807) is 6.92 Å². The van der Waals surface area contributed by atoms with Crippen molar-refractivity contribution < 1.29 is 9.59 Å². The van der Waals surface area contributed by atoms with Gasteiger partial charge in [0.05, 0.1) is 0 Å². The maximum Gasteiger partial charge on any atom is 0.134 e. The van der Waals surface area contributed by atoms with E-state index in [0.29, 0.717) is 12.8 Å². The fourth-order valence-electron chi connectivity index (χ4n) is 5.43. The van der Waals surface area contributed by atoms with Crippen LogP contribution in [-0.2, 0) is 9.59 Å². The summed E-state index contributed by atoms with van der Waals surface area (Å²) in [4.78, 5) is 26.0. The fraction of sp³-hybridized carbons (Fsp3) is 0.214.